The first kappa shape index (κ1) is 25.8. The molecular formula is C28H28N8O3S. The Balaban J connectivity index is 1.35. The zero-order valence-corrected chi connectivity index (χ0v) is 22.9. The van der Waals surface area contributed by atoms with E-state index < -0.39 is 11.6 Å². The predicted molar refractivity (Wildman–Crippen MR) is 152 cm³/mol. The number of para-hydroxylation sites is 1. The highest BCUT2D eigenvalue weighted by atomic mass is 32.2. The number of anilines is 1. The standard InChI is InChI=1S/C28H28N8O3S/c1-28(33-27(37)38)11-13-35(14-12-28)22-15-29-23-24(32-22)36(16-18-7-9-19(39-2)10-8-18)34-26(23)40-25-20-5-3-4-6-21(20)30-17-31-25/h3-10,15,17,33H,11-14,16H2,1-2H3,(H,37,38). The van der Waals surface area contributed by atoms with Crippen molar-refractivity contribution < 1.29 is 14.6 Å². The van der Waals surface area contributed by atoms with Crippen LogP contribution in [0.15, 0.2) is 71.1 Å². The van der Waals surface area contributed by atoms with Crippen LogP contribution in [0.1, 0.15) is 25.3 Å². The molecule has 4 heterocycles. The molecule has 0 atom stereocenters. The molecule has 1 amide bonds. The van der Waals surface area contributed by atoms with Crippen molar-refractivity contribution in [3.8, 4) is 5.75 Å². The zero-order valence-electron chi connectivity index (χ0n) is 22.1. The van der Waals surface area contributed by atoms with Crippen LogP contribution in [0, 0.1) is 0 Å². The second-order valence-corrected chi connectivity index (χ2v) is 11.0. The van der Waals surface area contributed by atoms with Crippen LogP contribution in [0.3, 0.4) is 0 Å². The van der Waals surface area contributed by atoms with Crippen molar-refractivity contribution in [1.29, 1.82) is 0 Å². The number of piperidine rings is 1. The third kappa shape index (κ3) is 5.22. The summed E-state index contributed by atoms with van der Waals surface area (Å²) in [4.78, 5) is 32.1. The van der Waals surface area contributed by atoms with E-state index >= 15 is 0 Å². The van der Waals surface area contributed by atoms with Crippen LogP contribution in [0.25, 0.3) is 22.1 Å². The summed E-state index contributed by atoms with van der Waals surface area (Å²) >= 11 is 1.45. The van der Waals surface area contributed by atoms with Crippen LogP contribution in [-0.2, 0) is 6.54 Å². The fourth-order valence-electron chi connectivity index (χ4n) is 4.91. The molecule has 0 spiro atoms. The lowest BCUT2D eigenvalue weighted by Crippen LogP contribution is -2.53. The van der Waals surface area contributed by atoms with Gasteiger partial charge in [-0.15, -0.1) is 0 Å². The third-order valence-electron chi connectivity index (χ3n) is 7.19. The highest BCUT2D eigenvalue weighted by Crippen LogP contribution is 2.35. The van der Waals surface area contributed by atoms with Gasteiger partial charge in [0, 0.05) is 24.0 Å². The Morgan fingerprint density at radius 1 is 1.07 bits per heavy atom. The van der Waals surface area contributed by atoms with Gasteiger partial charge in [-0.1, -0.05) is 30.3 Å². The van der Waals surface area contributed by atoms with Gasteiger partial charge < -0.3 is 20.1 Å². The number of rotatable bonds is 7. The summed E-state index contributed by atoms with van der Waals surface area (Å²) < 4.78 is 7.19. The molecule has 1 aliphatic rings. The number of benzene rings is 2. The Labute approximate surface area is 234 Å². The lowest BCUT2D eigenvalue weighted by molar-refractivity contribution is 0.173. The van der Waals surface area contributed by atoms with Gasteiger partial charge in [0.1, 0.15) is 28.4 Å². The SMILES string of the molecule is COc1ccc(Cn2nc(Sc3ncnc4ccccc34)c3ncc(N4CCC(C)(NC(=O)O)CC4)nc32)cc1. The highest BCUT2D eigenvalue weighted by Gasteiger charge is 2.32. The van der Waals surface area contributed by atoms with Crippen molar-refractivity contribution >= 4 is 45.7 Å². The summed E-state index contributed by atoms with van der Waals surface area (Å²) in [5.74, 6) is 1.53. The minimum atomic E-state index is -0.999. The normalized spacial score (nSPS) is 14.9. The minimum absolute atomic E-state index is 0.458. The van der Waals surface area contributed by atoms with Crippen LogP contribution in [-0.4, -0.2) is 66.7 Å². The van der Waals surface area contributed by atoms with E-state index in [4.69, 9.17) is 19.8 Å². The maximum absolute atomic E-state index is 11.2. The number of nitrogens with one attached hydrogen (secondary N) is 1. The Kier molecular flexibility index (Phi) is 6.84. The van der Waals surface area contributed by atoms with E-state index in [0.29, 0.717) is 48.7 Å². The summed E-state index contributed by atoms with van der Waals surface area (Å²) in [7, 11) is 1.65. The summed E-state index contributed by atoms with van der Waals surface area (Å²) in [5.41, 5.74) is 2.82. The van der Waals surface area contributed by atoms with Crippen LogP contribution >= 0.6 is 11.8 Å². The number of hydrogen-bond donors (Lipinski definition) is 2. The quantitative estimate of drug-likeness (QED) is 0.274. The molecule has 1 saturated heterocycles. The molecule has 0 aliphatic carbocycles. The first-order valence-corrected chi connectivity index (χ1v) is 13.7. The Hall–Kier alpha value is -4.45. The number of amides is 1. The molecule has 1 fully saturated rings. The number of carboxylic acid groups (broad SMARTS) is 1. The molecule has 12 heteroatoms. The lowest BCUT2D eigenvalue weighted by atomic mass is 9.90. The molecular weight excluding hydrogens is 528 g/mol. The van der Waals surface area contributed by atoms with Crippen molar-refractivity contribution in [2.45, 2.75) is 41.9 Å². The van der Waals surface area contributed by atoms with E-state index in [9.17, 15) is 9.90 Å². The van der Waals surface area contributed by atoms with E-state index in [-0.39, 0.29) is 0 Å². The molecule has 0 radical (unpaired) electrons. The third-order valence-corrected chi connectivity index (χ3v) is 8.18. The van der Waals surface area contributed by atoms with Gasteiger partial charge >= 0.3 is 6.09 Å². The molecule has 3 aromatic heterocycles. The van der Waals surface area contributed by atoms with E-state index in [1.807, 2.05) is 60.1 Å². The molecule has 0 bridgehead atoms. The van der Waals surface area contributed by atoms with Gasteiger partial charge in [-0.05, 0) is 55.3 Å². The summed E-state index contributed by atoms with van der Waals surface area (Å²) in [6.45, 7) is 3.78. The van der Waals surface area contributed by atoms with E-state index in [2.05, 4.69) is 20.2 Å². The van der Waals surface area contributed by atoms with Crippen molar-refractivity contribution in [2.75, 3.05) is 25.1 Å². The fraction of sp³-hybridized carbons (Fsp3) is 0.286. The topological polar surface area (TPSA) is 131 Å². The maximum atomic E-state index is 11.2. The molecule has 2 N–H and O–H groups in total. The smallest absolute Gasteiger partial charge is 0.405 e. The van der Waals surface area contributed by atoms with E-state index in [0.717, 1.165) is 33.1 Å². The first-order valence-electron chi connectivity index (χ1n) is 12.9. The molecule has 0 unspecified atom stereocenters. The van der Waals surface area contributed by atoms with E-state index in [1.54, 1.807) is 19.6 Å². The van der Waals surface area contributed by atoms with Gasteiger partial charge in [-0.3, -0.25) is 0 Å². The number of ether oxygens (including phenoxy) is 1. The molecule has 11 nitrogen and oxygen atoms in total. The van der Waals surface area contributed by atoms with Crippen molar-refractivity contribution in [3.05, 3.63) is 66.6 Å². The number of fused-ring (bicyclic) bond motifs is 2. The summed E-state index contributed by atoms with van der Waals surface area (Å²) in [6.07, 6.45) is 3.69. The first-order chi connectivity index (χ1) is 19.4. The van der Waals surface area contributed by atoms with Gasteiger partial charge in [-0.25, -0.2) is 29.4 Å². The van der Waals surface area contributed by atoms with Crippen LogP contribution in [0.4, 0.5) is 10.6 Å². The zero-order chi connectivity index (χ0) is 27.7. The summed E-state index contributed by atoms with van der Waals surface area (Å²) in [6, 6.07) is 15.8. The second-order valence-electron chi connectivity index (χ2n) is 9.99. The average molecular weight is 557 g/mol. The number of nitrogens with zero attached hydrogens (tertiary/aromatic N) is 7. The van der Waals surface area contributed by atoms with Gasteiger partial charge in [0.15, 0.2) is 10.7 Å². The highest BCUT2D eigenvalue weighted by molar-refractivity contribution is 7.99. The predicted octanol–water partition coefficient (Wildman–Crippen LogP) is 4.60. The van der Waals surface area contributed by atoms with Crippen LogP contribution in [0.5, 0.6) is 5.75 Å². The average Bonchev–Trinajstić information content (AvgIpc) is 3.29. The number of carbonyl (C=O) groups is 1. The fourth-order valence-corrected chi connectivity index (χ4v) is 5.85. The Morgan fingerprint density at radius 2 is 1.85 bits per heavy atom. The van der Waals surface area contributed by atoms with Crippen LogP contribution < -0.4 is 15.0 Å². The molecule has 1 aliphatic heterocycles. The van der Waals surface area contributed by atoms with Gasteiger partial charge in [0.2, 0.25) is 0 Å². The monoisotopic (exact) mass is 556 g/mol. The minimum Gasteiger partial charge on any atom is -0.497 e. The van der Waals surface area contributed by atoms with Crippen molar-refractivity contribution in [3.63, 3.8) is 0 Å². The van der Waals surface area contributed by atoms with Crippen LogP contribution in [0.2, 0.25) is 0 Å². The largest absolute Gasteiger partial charge is 0.497 e. The lowest BCUT2D eigenvalue weighted by Gasteiger charge is -2.39. The Bertz CT molecular complexity index is 1680. The van der Waals surface area contributed by atoms with Gasteiger partial charge in [0.05, 0.1) is 25.4 Å². The number of aromatic nitrogens is 6. The van der Waals surface area contributed by atoms with E-state index in [1.165, 1.54) is 11.8 Å². The van der Waals surface area contributed by atoms with Crippen molar-refractivity contribution in [2.24, 2.45) is 0 Å². The molecule has 0 saturated carbocycles. The number of methoxy groups -OCH3 is 1. The Morgan fingerprint density at radius 3 is 2.60 bits per heavy atom. The second kappa shape index (κ2) is 10.6. The summed E-state index contributed by atoms with van der Waals surface area (Å²) in [5, 5.41) is 19.3. The van der Waals surface area contributed by atoms with Crippen molar-refractivity contribution in [1.82, 2.24) is 35.0 Å². The maximum Gasteiger partial charge on any atom is 0.405 e. The molecule has 5 aromatic rings. The number of hydrogen-bond acceptors (Lipinski definition) is 9. The molecule has 40 heavy (non-hydrogen) atoms. The van der Waals surface area contributed by atoms with Gasteiger partial charge in [-0.2, -0.15) is 5.10 Å². The molecule has 204 valence electrons. The molecule has 6 rings (SSSR count). The molecule has 2 aromatic carbocycles. The van der Waals surface area contributed by atoms with Gasteiger partial charge in [0.25, 0.3) is 0 Å².